The van der Waals surface area contributed by atoms with Crippen LogP contribution in [0.3, 0.4) is 0 Å². The summed E-state index contributed by atoms with van der Waals surface area (Å²) in [5.41, 5.74) is 0.778. The molecule has 0 unspecified atom stereocenters. The molecule has 2 rings (SSSR count). The van der Waals surface area contributed by atoms with E-state index in [-0.39, 0.29) is 16.7 Å². The number of non-ortho nitro benzene ring substituents is 1. The number of nitrogens with zero attached hydrogens (tertiary/aromatic N) is 1. The molecule has 27 heavy (non-hydrogen) atoms. The van der Waals surface area contributed by atoms with Crippen LogP contribution in [0.2, 0.25) is 0 Å². The normalized spacial score (nSPS) is 10.3. The largest absolute Gasteiger partial charge is 0.494 e. The summed E-state index contributed by atoms with van der Waals surface area (Å²) in [7, 11) is 0. The summed E-state index contributed by atoms with van der Waals surface area (Å²) in [6.45, 7) is 4.88. The maximum atomic E-state index is 12.2. The van der Waals surface area contributed by atoms with Crippen LogP contribution in [0.25, 0.3) is 0 Å². The Labute approximate surface area is 162 Å². The van der Waals surface area contributed by atoms with Gasteiger partial charge in [-0.05, 0) is 54.9 Å². The third-order valence-corrected chi connectivity index (χ3v) is 3.83. The first-order chi connectivity index (χ1) is 12.8. The van der Waals surface area contributed by atoms with Gasteiger partial charge in [0.1, 0.15) is 5.75 Å². The van der Waals surface area contributed by atoms with Crippen LogP contribution in [0.4, 0.5) is 11.4 Å². The highest BCUT2D eigenvalue weighted by atomic mass is 32.1. The number of nitrogens with one attached hydrogen (secondary N) is 2. The van der Waals surface area contributed by atoms with Gasteiger partial charge in [-0.15, -0.1) is 0 Å². The number of carbonyl (C=O) groups is 1. The zero-order valence-corrected chi connectivity index (χ0v) is 15.9. The molecule has 0 aliphatic rings. The Morgan fingerprint density at radius 1 is 1.22 bits per heavy atom. The van der Waals surface area contributed by atoms with Crippen molar-refractivity contribution in [3.63, 3.8) is 0 Å². The summed E-state index contributed by atoms with van der Waals surface area (Å²) < 4.78 is 5.62. The molecule has 0 fully saturated rings. The number of hydrogen-bond acceptors (Lipinski definition) is 5. The quantitative estimate of drug-likeness (QED) is 0.421. The van der Waals surface area contributed by atoms with Crippen LogP contribution in [0.5, 0.6) is 5.75 Å². The van der Waals surface area contributed by atoms with E-state index in [0.717, 1.165) is 6.42 Å². The first-order valence-corrected chi connectivity index (χ1v) is 8.85. The van der Waals surface area contributed by atoms with Crippen molar-refractivity contribution in [3.8, 4) is 5.75 Å². The van der Waals surface area contributed by atoms with Crippen LogP contribution >= 0.6 is 12.2 Å². The van der Waals surface area contributed by atoms with E-state index in [4.69, 9.17) is 17.0 Å². The maximum Gasteiger partial charge on any atom is 0.271 e. The van der Waals surface area contributed by atoms with E-state index in [0.29, 0.717) is 29.5 Å². The molecule has 0 spiro atoms. The van der Waals surface area contributed by atoms with Gasteiger partial charge >= 0.3 is 0 Å². The first kappa shape index (κ1) is 20.3. The van der Waals surface area contributed by atoms with Crippen molar-refractivity contribution in [2.75, 3.05) is 11.9 Å². The molecule has 142 valence electrons. The average Bonchev–Trinajstić information content (AvgIpc) is 2.62. The predicted molar refractivity (Wildman–Crippen MR) is 108 cm³/mol. The molecule has 0 radical (unpaired) electrons. The molecule has 0 aliphatic carbocycles. The van der Waals surface area contributed by atoms with Gasteiger partial charge in [-0.1, -0.05) is 19.9 Å². The van der Waals surface area contributed by atoms with E-state index in [2.05, 4.69) is 24.5 Å². The average molecular weight is 387 g/mol. The maximum absolute atomic E-state index is 12.2. The van der Waals surface area contributed by atoms with Gasteiger partial charge < -0.3 is 10.1 Å². The van der Waals surface area contributed by atoms with Crippen LogP contribution in [0, 0.1) is 16.0 Å². The highest BCUT2D eigenvalue weighted by molar-refractivity contribution is 7.80. The lowest BCUT2D eigenvalue weighted by molar-refractivity contribution is -0.384. The van der Waals surface area contributed by atoms with Crippen molar-refractivity contribution in [1.82, 2.24) is 5.32 Å². The number of rotatable bonds is 7. The SMILES string of the molecule is CC(C)CCOc1ccc(C(=O)NC(=S)Nc2cccc([N+](=O)[O-])c2)cc1. The van der Waals surface area contributed by atoms with E-state index in [9.17, 15) is 14.9 Å². The lowest BCUT2D eigenvalue weighted by Crippen LogP contribution is -2.34. The smallest absolute Gasteiger partial charge is 0.271 e. The van der Waals surface area contributed by atoms with Crippen molar-refractivity contribution in [1.29, 1.82) is 0 Å². The molecule has 0 atom stereocenters. The minimum atomic E-state index is -0.502. The fourth-order valence-electron chi connectivity index (χ4n) is 2.15. The molecular weight excluding hydrogens is 366 g/mol. The zero-order valence-electron chi connectivity index (χ0n) is 15.1. The highest BCUT2D eigenvalue weighted by Crippen LogP contribution is 2.17. The van der Waals surface area contributed by atoms with Crippen LogP contribution in [0.15, 0.2) is 48.5 Å². The van der Waals surface area contributed by atoms with Crippen LogP contribution in [0.1, 0.15) is 30.6 Å². The second-order valence-corrected chi connectivity index (χ2v) is 6.68. The second-order valence-electron chi connectivity index (χ2n) is 6.27. The highest BCUT2D eigenvalue weighted by Gasteiger charge is 2.10. The summed E-state index contributed by atoms with van der Waals surface area (Å²) in [6.07, 6.45) is 0.958. The fraction of sp³-hybridized carbons (Fsp3) is 0.263. The van der Waals surface area contributed by atoms with E-state index < -0.39 is 4.92 Å². The minimum Gasteiger partial charge on any atom is -0.494 e. The number of nitro benzene ring substituents is 1. The molecule has 0 aromatic heterocycles. The molecule has 0 saturated carbocycles. The number of nitro groups is 1. The van der Waals surface area contributed by atoms with Gasteiger partial charge in [-0.2, -0.15) is 0 Å². The van der Waals surface area contributed by atoms with Crippen molar-refractivity contribution >= 4 is 34.6 Å². The van der Waals surface area contributed by atoms with Crippen molar-refractivity contribution < 1.29 is 14.5 Å². The Bertz CT molecular complexity index is 822. The summed E-state index contributed by atoms with van der Waals surface area (Å²) in [5.74, 6) is 0.880. The van der Waals surface area contributed by atoms with Crippen LogP contribution in [-0.4, -0.2) is 22.5 Å². The number of benzene rings is 2. The van der Waals surface area contributed by atoms with E-state index in [1.54, 1.807) is 30.3 Å². The van der Waals surface area contributed by atoms with Gasteiger partial charge in [0, 0.05) is 23.4 Å². The van der Waals surface area contributed by atoms with Crippen molar-refractivity contribution in [2.24, 2.45) is 5.92 Å². The number of ether oxygens (including phenoxy) is 1. The van der Waals surface area contributed by atoms with Gasteiger partial charge in [0.05, 0.1) is 11.5 Å². The minimum absolute atomic E-state index is 0.0535. The zero-order chi connectivity index (χ0) is 19.8. The summed E-state index contributed by atoms with van der Waals surface area (Å²) >= 11 is 5.09. The third kappa shape index (κ3) is 6.67. The van der Waals surface area contributed by atoms with Gasteiger partial charge in [0.15, 0.2) is 5.11 Å². The lowest BCUT2D eigenvalue weighted by Gasteiger charge is -2.11. The Morgan fingerprint density at radius 2 is 1.93 bits per heavy atom. The van der Waals surface area contributed by atoms with Crippen molar-refractivity contribution in [2.45, 2.75) is 20.3 Å². The van der Waals surface area contributed by atoms with E-state index >= 15 is 0 Å². The van der Waals surface area contributed by atoms with E-state index in [1.165, 1.54) is 18.2 Å². The predicted octanol–water partition coefficient (Wildman–Crippen LogP) is 4.15. The topological polar surface area (TPSA) is 93.5 Å². The molecule has 2 aromatic carbocycles. The molecule has 0 aliphatic heterocycles. The third-order valence-electron chi connectivity index (χ3n) is 3.62. The first-order valence-electron chi connectivity index (χ1n) is 8.45. The molecule has 1 amide bonds. The Balaban J connectivity index is 1.89. The van der Waals surface area contributed by atoms with Crippen LogP contribution in [-0.2, 0) is 0 Å². The lowest BCUT2D eigenvalue weighted by atomic mass is 10.1. The number of carbonyl (C=O) groups excluding carboxylic acids is 1. The number of thiocarbonyl (C=S) groups is 1. The summed E-state index contributed by atoms with van der Waals surface area (Å²) in [4.78, 5) is 22.5. The Hall–Kier alpha value is -3.00. The molecule has 0 saturated heterocycles. The van der Waals surface area contributed by atoms with Crippen LogP contribution < -0.4 is 15.4 Å². The van der Waals surface area contributed by atoms with Crippen molar-refractivity contribution in [3.05, 3.63) is 64.2 Å². The fourth-order valence-corrected chi connectivity index (χ4v) is 2.36. The molecule has 2 aromatic rings. The van der Waals surface area contributed by atoms with Gasteiger partial charge in [-0.25, -0.2) is 0 Å². The van der Waals surface area contributed by atoms with Gasteiger partial charge in [0.2, 0.25) is 0 Å². The Kier molecular flexibility index (Phi) is 7.25. The molecule has 2 N–H and O–H groups in total. The second kappa shape index (κ2) is 9.63. The molecular formula is C19H21N3O4S. The molecule has 0 heterocycles. The van der Waals surface area contributed by atoms with Gasteiger partial charge in [-0.3, -0.25) is 20.2 Å². The number of amides is 1. The molecule has 7 nitrogen and oxygen atoms in total. The van der Waals surface area contributed by atoms with Gasteiger partial charge in [0.25, 0.3) is 11.6 Å². The summed E-state index contributed by atoms with van der Waals surface area (Å²) in [6, 6.07) is 12.6. The molecule has 0 bridgehead atoms. The standard InChI is InChI=1S/C19H21N3O4S/c1-13(2)10-11-26-17-8-6-14(7-9-17)18(23)21-19(27)20-15-4-3-5-16(12-15)22(24)25/h3-9,12-13H,10-11H2,1-2H3,(H2,20,21,23,27). The molecule has 8 heteroatoms. The number of anilines is 1. The number of hydrogen-bond donors (Lipinski definition) is 2. The van der Waals surface area contributed by atoms with E-state index in [1.807, 2.05) is 0 Å². The Morgan fingerprint density at radius 3 is 2.56 bits per heavy atom. The monoisotopic (exact) mass is 387 g/mol. The summed E-state index contributed by atoms with van der Waals surface area (Å²) in [5, 5.41) is 16.1.